The fourth-order valence-electron chi connectivity index (χ4n) is 3.58. The van der Waals surface area contributed by atoms with Crippen LogP contribution in [0, 0.1) is 17.2 Å². The minimum atomic E-state index is -0.739. The van der Waals surface area contributed by atoms with Gasteiger partial charge >= 0.3 is 6.03 Å². The number of amides is 3. The van der Waals surface area contributed by atoms with Crippen LogP contribution in [0.4, 0.5) is 4.79 Å². The molecule has 114 valence electrons. The van der Waals surface area contributed by atoms with Gasteiger partial charge in [-0.05, 0) is 30.4 Å². The van der Waals surface area contributed by atoms with Crippen molar-refractivity contribution in [2.24, 2.45) is 5.92 Å². The standard InChI is InChI=1S/C17H19N3O2/c1-12-6-4-5-9-17(12)15(21)20(16(22)19-17)11-14-8-3-2-7-13(14)10-18/h2-3,7-8,12H,4-6,9,11H2,1H3,(H,19,22)/t12-,17-/m1/s1. The lowest BCUT2D eigenvalue weighted by Gasteiger charge is -2.36. The molecule has 1 heterocycles. The fraction of sp³-hybridized carbons (Fsp3) is 0.471. The van der Waals surface area contributed by atoms with Gasteiger partial charge in [-0.1, -0.05) is 38.0 Å². The highest BCUT2D eigenvalue weighted by Crippen LogP contribution is 2.38. The van der Waals surface area contributed by atoms with Gasteiger partial charge in [-0.25, -0.2) is 4.79 Å². The minimum absolute atomic E-state index is 0.141. The largest absolute Gasteiger partial charge is 0.325 e. The number of hydrogen-bond acceptors (Lipinski definition) is 3. The molecule has 0 aromatic heterocycles. The lowest BCUT2D eigenvalue weighted by Crippen LogP contribution is -2.53. The van der Waals surface area contributed by atoms with Crippen molar-refractivity contribution in [3.05, 3.63) is 35.4 Å². The summed E-state index contributed by atoms with van der Waals surface area (Å²) in [7, 11) is 0. The van der Waals surface area contributed by atoms with Crippen LogP contribution in [-0.2, 0) is 11.3 Å². The molecule has 2 fully saturated rings. The van der Waals surface area contributed by atoms with Gasteiger partial charge in [-0.2, -0.15) is 5.26 Å². The second-order valence-corrected chi connectivity index (χ2v) is 6.21. The molecule has 1 aromatic carbocycles. The van der Waals surface area contributed by atoms with Crippen LogP contribution in [0.1, 0.15) is 43.7 Å². The van der Waals surface area contributed by atoms with Crippen molar-refractivity contribution in [2.45, 2.75) is 44.7 Å². The predicted molar refractivity (Wildman–Crippen MR) is 80.6 cm³/mol. The van der Waals surface area contributed by atoms with Gasteiger partial charge in [-0.15, -0.1) is 0 Å². The Morgan fingerprint density at radius 3 is 2.86 bits per heavy atom. The quantitative estimate of drug-likeness (QED) is 0.853. The first-order valence-electron chi connectivity index (χ1n) is 7.70. The van der Waals surface area contributed by atoms with E-state index in [9.17, 15) is 9.59 Å². The third-order valence-electron chi connectivity index (χ3n) is 4.97. The molecule has 0 bridgehead atoms. The summed E-state index contributed by atoms with van der Waals surface area (Å²) in [6.45, 7) is 2.19. The van der Waals surface area contributed by atoms with Gasteiger partial charge in [0.25, 0.3) is 5.91 Å². The van der Waals surface area contributed by atoms with Crippen molar-refractivity contribution in [3.8, 4) is 6.07 Å². The molecule has 0 unspecified atom stereocenters. The summed E-state index contributed by atoms with van der Waals surface area (Å²) in [6, 6.07) is 8.84. The Morgan fingerprint density at radius 2 is 2.14 bits per heavy atom. The molecule has 5 nitrogen and oxygen atoms in total. The molecule has 1 saturated carbocycles. The topological polar surface area (TPSA) is 73.2 Å². The number of hydrogen-bond donors (Lipinski definition) is 1. The zero-order chi connectivity index (χ0) is 15.7. The fourth-order valence-corrected chi connectivity index (χ4v) is 3.58. The van der Waals surface area contributed by atoms with Crippen molar-refractivity contribution in [1.82, 2.24) is 10.2 Å². The number of benzene rings is 1. The number of carbonyl (C=O) groups excluding carboxylic acids is 2. The van der Waals surface area contributed by atoms with E-state index in [0.717, 1.165) is 19.3 Å². The summed E-state index contributed by atoms with van der Waals surface area (Å²) in [6.07, 6.45) is 3.71. The number of rotatable bonds is 2. The first-order chi connectivity index (χ1) is 10.6. The van der Waals surface area contributed by atoms with Crippen LogP contribution in [-0.4, -0.2) is 22.4 Å². The van der Waals surface area contributed by atoms with Gasteiger partial charge in [0.05, 0.1) is 18.2 Å². The molecule has 3 rings (SSSR count). The molecular formula is C17H19N3O2. The van der Waals surface area contributed by atoms with E-state index in [-0.39, 0.29) is 24.4 Å². The SMILES string of the molecule is C[C@@H]1CCCC[C@@]12NC(=O)N(Cc1ccccc1C#N)C2=O. The van der Waals surface area contributed by atoms with Gasteiger partial charge in [0, 0.05) is 0 Å². The highest BCUT2D eigenvalue weighted by atomic mass is 16.2. The molecular weight excluding hydrogens is 278 g/mol. The first-order valence-corrected chi connectivity index (χ1v) is 7.70. The number of nitrogens with zero attached hydrogens (tertiary/aromatic N) is 2. The second-order valence-electron chi connectivity index (χ2n) is 6.21. The van der Waals surface area contributed by atoms with Crippen LogP contribution in [0.3, 0.4) is 0 Å². The molecule has 3 amide bonds. The zero-order valence-electron chi connectivity index (χ0n) is 12.6. The molecule has 1 N–H and O–H groups in total. The number of carbonyl (C=O) groups is 2. The van der Waals surface area contributed by atoms with Crippen molar-refractivity contribution in [2.75, 3.05) is 0 Å². The first kappa shape index (κ1) is 14.6. The summed E-state index contributed by atoms with van der Waals surface area (Å²) < 4.78 is 0. The molecule has 1 aliphatic heterocycles. The Kier molecular flexibility index (Phi) is 3.61. The van der Waals surface area contributed by atoms with E-state index in [4.69, 9.17) is 5.26 Å². The van der Waals surface area contributed by atoms with E-state index in [0.29, 0.717) is 17.5 Å². The van der Waals surface area contributed by atoms with Crippen LogP contribution in [0.25, 0.3) is 0 Å². The summed E-state index contributed by atoms with van der Waals surface area (Å²) in [5, 5.41) is 12.1. The Hall–Kier alpha value is -2.35. The molecule has 1 aliphatic carbocycles. The molecule has 1 aromatic rings. The molecule has 0 radical (unpaired) electrons. The Bertz CT molecular complexity index is 664. The van der Waals surface area contributed by atoms with E-state index >= 15 is 0 Å². The third kappa shape index (κ3) is 2.16. The average Bonchev–Trinajstić information content (AvgIpc) is 2.76. The molecule has 22 heavy (non-hydrogen) atoms. The molecule has 2 atom stereocenters. The van der Waals surface area contributed by atoms with E-state index in [2.05, 4.69) is 11.4 Å². The maximum absolute atomic E-state index is 12.9. The summed E-state index contributed by atoms with van der Waals surface area (Å²) in [5.41, 5.74) is 0.464. The van der Waals surface area contributed by atoms with Crippen LogP contribution in [0.5, 0.6) is 0 Å². The van der Waals surface area contributed by atoms with Gasteiger partial charge in [0.2, 0.25) is 0 Å². The van der Waals surface area contributed by atoms with Crippen LogP contribution in [0.15, 0.2) is 24.3 Å². The van der Waals surface area contributed by atoms with Gasteiger partial charge in [0.1, 0.15) is 5.54 Å². The van der Waals surface area contributed by atoms with Gasteiger partial charge in [-0.3, -0.25) is 9.69 Å². The van der Waals surface area contributed by atoms with E-state index in [1.54, 1.807) is 18.2 Å². The van der Waals surface area contributed by atoms with Crippen molar-refractivity contribution in [3.63, 3.8) is 0 Å². The van der Waals surface area contributed by atoms with Crippen LogP contribution >= 0.6 is 0 Å². The highest BCUT2D eigenvalue weighted by Gasteiger charge is 2.54. The summed E-state index contributed by atoms with van der Waals surface area (Å²) in [5.74, 6) is 0.00588. The van der Waals surface area contributed by atoms with Crippen molar-refractivity contribution < 1.29 is 9.59 Å². The predicted octanol–water partition coefficient (Wildman–Crippen LogP) is 2.56. The average molecular weight is 297 g/mol. The van der Waals surface area contributed by atoms with Crippen molar-refractivity contribution >= 4 is 11.9 Å². The van der Waals surface area contributed by atoms with Crippen LogP contribution in [0.2, 0.25) is 0 Å². The second kappa shape index (κ2) is 5.45. The van der Waals surface area contributed by atoms with Gasteiger partial charge in [0.15, 0.2) is 0 Å². The lowest BCUT2D eigenvalue weighted by atomic mass is 9.73. The normalized spacial score (nSPS) is 27.8. The molecule has 5 heteroatoms. The number of nitriles is 1. The summed E-state index contributed by atoms with van der Waals surface area (Å²) >= 11 is 0. The van der Waals surface area contributed by atoms with Crippen molar-refractivity contribution in [1.29, 1.82) is 5.26 Å². The third-order valence-corrected chi connectivity index (χ3v) is 4.97. The molecule has 1 spiro atoms. The maximum Gasteiger partial charge on any atom is 0.325 e. The van der Waals surface area contributed by atoms with Gasteiger partial charge < -0.3 is 5.32 Å². The number of urea groups is 1. The minimum Gasteiger partial charge on any atom is -0.323 e. The summed E-state index contributed by atoms with van der Waals surface area (Å²) in [4.78, 5) is 26.4. The lowest BCUT2D eigenvalue weighted by molar-refractivity contribution is -0.134. The Balaban J connectivity index is 1.88. The zero-order valence-corrected chi connectivity index (χ0v) is 12.6. The highest BCUT2D eigenvalue weighted by molar-refractivity contribution is 6.07. The molecule has 1 saturated heterocycles. The van der Waals surface area contributed by atoms with Crippen LogP contribution < -0.4 is 5.32 Å². The number of nitrogens with one attached hydrogen (secondary N) is 1. The van der Waals surface area contributed by atoms with E-state index in [1.807, 2.05) is 13.0 Å². The Labute approximate surface area is 129 Å². The van der Waals surface area contributed by atoms with E-state index in [1.165, 1.54) is 4.90 Å². The Morgan fingerprint density at radius 1 is 1.36 bits per heavy atom. The van der Waals surface area contributed by atoms with E-state index < -0.39 is 5.54 Å². The maximum atomic E-state index is 12.9. The number of imide groups is 1. The molecule has 2 aliphatic rings. The smallest absolute Gasteiger partial charge is 0.323 e. The monoisotopic (exact) mass is 297 g/mol.